The van der Waals surface area contributed by atoms with Gasteiger partial charge in [-0.15, -0.1) is 0 Å². The first-order valence-corrected chi connectivity index (χ1v) is 8.02. The van der Waals surface area contributed by atoms with Gasteiger partial charge in [0.2, 0.25) is 0 Å². The van der Waals surface area contributed by atoms with Crippen LogP contribution in [0, 0.1) is 35.1 Å². The molecule has 2 atom stereocenters. The normalized spacial score (nSPS) is 26.8. The highest BCUT2D eigenvalue weighted by molar-refractivity contribution is 6.52. The Morgan fingerprint density at radius 3 is 1.04 bits per heavy atom. The number of rotatable bonds is 0. The van der Waals surface area contributed by atoms with Gasteiger partial charge in [0.25, 0.3) is 0 Å². The summed E-state index contributed by atoms with van der Waals surface area (Å²) in [6.45, 7) is 0. The van der Waals surface area contributed by atoms with E-state index in [0.717, 1.165) is 0 Å². The second kappa shape index (κ2) is 5.90. The van der Waals surface area contributed by atoms with Gasteiger partial charge in [-0.3, -0.25) is 0 Å². The summed E-state index contributed by atoms with van der Waals surface area (Å²) >= 11 is 23.1. The van der Waals surface area contributed by atoms with E-state index < -0.39 is 78.2 Å². The standard InChI is InChI=1S/C14H2Cl4F8/c15-13(16)1-2(6(20)10(24)9(23)5(1)19)14(17,18)4-3(13)7(21)11(25)12(26)8(4)22/h1-2H. The molecule has 2 aliphatic carbocycles. The van der Waals surface area contributed by atoms with Crippen molar-refractivity contribution in [3.05, 3.63) is 57.7 Å². The third-order valence-corrected chi connectivity index (χ3v) is 5.90. The fourth-order valence-electron chi connectivity index (χ4n) is 3.08. The van der Waals surface area contributed by atoms with Crippen molar-refractivity contribution in [3.63, 3.8) is 0 Å². The van der Waals surface area contributed by atoms with Gasteiger partial charge in [0.05, 0.1) is 11.8 Å². The van der Waals surface area contributed by atoms with E-state index >= 15 is 0 Å². The maximum Gasteiger partial charge on any atom is 0.197 e. The predicted molar refractivity (Wildman–Crippen MR) is 78.5 cm³/mol. The SMILES string of the molecule is FC1=C(F)C2C(C(F)=C1F)C(Cl)(Cl)c1c(F)c(F)c(F)c(F)c1C2(Cl)Cl. The zero-order valence-electron chi connectivity index (χ0n) is 11.7. The van der Waals surface area contributed by atoms with Crippen molar-refractivity contribution in [2.24, 2.45) is 11.8 Å². The van der Waals surface area contributed by atoms with Gasteiger partial charge in [-0.25, -0.2) is 35.1 Å². The Kier molecular flexibility index (Phi) is 4.55. The quantitative estimate of drug-likeness (QED) is 0.167. The second-order valence-corrected chi connectivity index (χ2v) is 8.30. The molecule has 0 saturated heterocycles. The van der Waals surface area contributed by atoms with Crippen LogP contribution in [-0.2, 0) is 8.67 Å². The lowest BCUT2D eigenvalue weighted by Gasteiger charge is -2.47. The van der Waals surface area contributed by atoms with Gasteiger partial charge >= 0.3 is 0 Å². The molecule has 2 unspecified atom stereocenters. The third kappa shape index (κ3) is 2.28. The molecule has 3 rings (SSSR count). The van der Waals surface area contributed by atoms with E-state index in [9.17, 15) is 35.1 Å². The number of benzene rings is 1. The van der Waals surface area contributed by atoms with Crippen LogP contribution in [0.15, 0.2) is 23.3 Å². The summed E-state index contributed by atoms with van der Waals surface area (Å²) in [4.78, 5) is 0. The van der Waals surface area contributed by atoms with Crippen molar-refractivity contribution in [2.45, 2.75) is 8.67 Å². The van der Waals surface area contributed by atoms with E-state index in [1.54, 1.807) is 0 Å². The second-order valence-electron chi connectivity index (χ2n) is 5.53. The molecule has 0 aromatic heterocycles. The molecular formula is C14H2Cl4F8. The van der Waals surface area contributed by atoms with Crippen LogP contribution in [-0.4, -0.2) is 0 Å². The van der Waals surface area contributed by atoms with E-state index in [0.29, 0.717) is 0 Å². The first kappa shape index (κ1) is 20.0. The van der Waals surface area contributed by atoms with Gasteiger partial charge in [0, 0.05) is 11.1 Å². The van der Waals surface area contributed by atoms with Crippen LogP contribution in [0.3, 0.4) is 0 Å². The number of alkyl halides is 4. The van der Waals surface area contributed by atoms with Gasteiger partial charge in [-0.1, -0.05) is 46.4 Å². The molecule has 1 aromatic carbocycles. The highest BCUT2D eigenvalue weighted by Crippen LogP contribution is 2.67. The van der Waals surface area contributed by atoms with Crippen molar-refractivity contribution in [3.8, 4) is 0 Å². The minimum absolute atomic E-state index is 1.46. The molecule has 0 spiro atoms. The Labute approximate surface area is 159 Å². The zero-order chi connectivity index (χ0) is 19.9. The molecule has 0 heterocycles. The number of hydrogen-bond acceptors (Lipinski definition) is 0. The summed E-state index contributed by atoms with van der Waals surface area (Å²) < 4.78 is 105. The average Bonchev–Trinajstić information content (AvgIpc) is 2.55. The zero-order valence-corrected chi connectivity index (χ0v) is 14.7. The van der Waals surface area contributed by atoms with Crippen molar-refractivity contribution < 1.29 is 35.1 Å². The number of hydrogen-bond donors (Lipinski definition) is 0. The maximum atomic E-state index is 14.3. The molecule has 0 amide bonds. The highest BCUT2D eigenvalue weighted by Gasteiger charge is 2.65. The maximum absolute atomic E-state index is 14.3. The first-order chi connectivity index (χ1) is 11.8. The molecule has 0 saturated carbocycles. The van der Waals surface area contributed by atoms with E-state index in [1.807, 2.05) is 0 Å². The van der Waals surface area contributed by atoms with Gasteiger partial charge in [0.1, 0.15) is 11.7 Å². The van der Waals surface area contributed by atoms with Crippen LogP contribution in [0.25, 0.3) is 0 Å². The van der Waals surface area contributed by atoms with Crippen molar-refractivity contribution in [2.75, 3.05) is 0 Å². The van der Waals surface area contributed by atoms with Gasteiger partial charge < -0.3 is 0 Å². The average molecular weight is 464 g/mol. The predicted octanol–water partition coefficient (Wildman–Crippen LogP) is 7.06. The molecule has 2 aliphatic rings. The Morgan fingerprint density at radius 2 is 0.769 bits per heavy atom. The number of halogens is 12. The van der Waals surface area contributed by atoms with Gasteiger partial charge in [0.15, 0.2) is 43.6 Å². The summed E-state index contributed by atoms with van der Waals surface area (Å²) in [6, 6.07) is 0. The smallest absolute Gasteiger partial charge is 0.197 e. The molecule has 12 heteroatoms. The Bertz CT molecular complexity index is 832. The largest absolute Gasteiger partial charge is 0.208 e. The number of fused-ring (bicyclic) bond motifs is 2. The third-order valence-electron chi connectivity index (χ3n) is 4.21. The summed E-state index contributed by atoms with van der Waals surface area (Å²) in [5, 5.41) is 0. The van der Waals surface area contributed by atoms with Crippen molar-refractivity contribution in [1.29, 1.82) is 0 Å². The van der Waals surface area contributed by atoms with Crippen LogP contribution in [0.4, 0.5) is 35.1 Å². The van der Waals surface area contributed by atoms with Gasteiger partial charge in [-0.05, 0) is 0 Å². The minimum atomic E-state index is -3.12. The molecule has 142 valence electrons. The van der Waals surface area contributed by atoms with Crippen LogP contribution in [0.1, 0.15) is 11.1 Å². The molecule has 26 heavy (non-hydrogen) atoms. The van der Waals surface area contributed by atoms with E-state index in [4.69, 9.17) is 46.4 Å². The van der Waals surface area contributed by atoms with Crippen LogP contribution < -0.4 is 0 Å². The topological polar surface area (TPSA) is 0 Å². The number of allylic oxidation sites excluding steroid dienone is 4. The van der Waals surface area contributed by atoms with Crippen LogP contribution in [0.5, 0.6) is 0 Å². The molecule has 0 bridgehead atoms. The lowest BCUT2D eigenvalue weighted by atomic mass is 9.70. The van der Waals surface area contributed by atoms with Crippen LogP contribution >= 0.6 is 46.4 Å². The van der Waals surface area contributed by atoms with Crippen molar-refractivity contribution in [1.82, 2.24) is 0 Å². The first-order valence-electron chi connectivity index (χ1n) is 6.51. The molecule has 0 radical (unpaired) electrons. The molecule has 0 nitrogen and oxygen atoms in total. The van der Waals surface area contributed by atoms with E-state index in [1.165, 1.54) is 0 Å². The minimum Gasteiger partial charge on any atom is -0.208 e. The summed E-state index contributed by atoms with van der Waals surface area (Å²) in [5.41, 5.74) is -2.91. The highest BCUT2D eigenvalue weighted by atomic mass is 35.5. The Morgan fingerprint density at radius 1 is 0.500 bits per heavy atom. The van der Waals surface area contributed by atoms with Gasteiger partial charge in [-0.2, -0.15) is 0 Å². The molecular weight excluding hydrogens is 462 g/mol. The summed E-state index contributed by atoms with van der Waals surface area (Å²) in [5.74, 6) is -23.1. The lowest BCUT2D eigenvalue weighted by molar-refractivity contribution is 0.209. The fourth-order valence-corrected chi connectivity index (χ4v) is 4.68. The molecule has 0 fully saturated rings. The van der Waals surface area contributed by atoms with Crippen LogP contribution in [0.2, 0.25) is 0 Å². The molecule has 0 N–H and O–H groups in total. The molecule has 0 aliphatic heterocycles. The molecule has 1 aromatic rings. The van der Waals surface area contributed by atoms with E-state index in [-0.39, 0.29) is 0 Å². The fraction of sp³-hybridized carbons (Fsp3) is 0.286. The Hall–Kier alpha value is -0.700. The monoisotopic (exact) mass is 462 g/mol. The van der Waals surface area contributed by atoms with Crippen molar-refractivity contribution >= 4 is 46.4 Å². The summed E-state index contributed by atoms with van der Waals surface area (Å²) in [7, 11) is 0. The lowest BCUT2D eigenvalue weighted by Crippen LogP contribution is -2.48. The summed E-state index contributed by atoms with van der Waals surface area (Å²) in [6.07, 6.45) is 0. The van der Waals surface area contributed by atoms with E-state index in [2.05, 4.69) is 0 Å². The Balaban J connectivity index is 2.51.